The molecule has 42 heavy (non-hydrogen) atoms. The van der Waals surface area contributed by atoms with Crippen LogP contribution in [0.5, 0.6) is 0 Å². The van der Waals surface area contributed by atoms with Crippen molar-refractivity contribution in [3.63, 3.8) is 0 Å². The first-order valence-electron chi connectivity index (χ1n) is 14.0. The monoisotopic (exact) mass is 631 g/mol. The number of carbonyl (C=O) groups excluding carboxylic acids is 2. The molecule has 0 bridgehead atoms. The Labute approximate surface area is 259 Å². The van der Waals surface area contributed by atoms with Crippen molar-refractivity contribution in [1.29, 1.82) is 0 Å². The predicted octanol–water partition coefficient (Wildman–Crippen LogP) is 6.44. The number of hydrogen-bond acceptors (Lipinski definition) is 4. The Morgan fingerprint density at radius 2 is 1.57 bits per heavy atom. The molecule has 3 rings (SSSR count). The van der Waals surface area contributed by atoms with E-state index < -0.39 is 28.5 Å². The van der Waals surface area contributed by atoms with Crippen LogP contribution in [0.25, 0.3) is 0 Å². The van der Waals surface area contributed by atoms with Crippen molar-refractivity contribution in [3.05, 3.63) is 99.5 Å². The number of para-hydroxylation sites is 1. The lowest BCUT2D eigenvalue weighted by Crippen LogP contribution is -2.54. The quantitative estimate of drug-likeness (QED) is 0.235. The van der Waals surface area contributed by atoms with Crippen LogP contribution in [0.2, 0.25) is 10.0 Å². The van der Waals surface area contributed by atoms with Gasteiger partial charge in [0.1, 0.15) is 12.6 Å². The maximum atomic E-state index is 14.3. The molecule has 0 saturated heterocycles. The lowest BCUT2D eigenvalue weighted by Gasteiger charge is -2.34. The van der Waals surface area contributed by atoms with Crippen molar-refractivity contribution >= 4 is 50.7 Å². The fourth-order valence-electron chi connectivity index (χ4n) is 4.63. The van der Waals surface area contributed by atoms with Gasteiger partial charge in [0.15, 0.2) is 0 Å². The molecule has 0 unspecified atom stereocenters. The topological polar surface area (TPSA) is 86.8 Å². The maximum Gasteiger partial charge on any atom is 0.244 e. The van der Waals surface area contributed by atoms with Gasteiger partial charge in [-0.3, -0.25) is 13.9 Å². The lowest BCUT2D eigenvalue weighted by atomic mass is 10.0. The molecule has 7 nitrogen and oxygen atoms in total. The van der Waals surface area contributed by atoms with Crippen LogP contribution >= 0.6 is 23.2 Å². The Hall–Kier alpha value is -3.07. The third kappa shape index (κ3) is 8.96. The van der Waals surface area contributed by atoms with E-state index in [1.54, 1.807) is 30.3 Å². The fourth-order valence-corrected chi connectivity index (χ4v) is 5.96. The molecule has 2 amide bonds. The second-order valence-electron chi connectivity index (χ2n) is 10.8. The van der Waals surface area contributed by atoms with Gasteiger partial charge in [0.25, 0.3) is 0 Å². The summed E-state index contributed by atoms with van der Waals surface area (Å²) in [6.45, 7) is 7.27. The third-order valence-corrected chi connectivity index (χ3v) is 8.85. The first-order valence-corrected chi connectivity index (χ1v) is 16.6. The van der Waals surface area contributed by atoms with Gasteiger partial charge >= 0.3 is 0 Å². The van der Waals surface area contributed by atoms with Crippen LogP contribution in [0.3, 0.4) is 0 Å². The molecule has 0 fully saturated rings. The highest BCUT2D eigenvalue weighted by Crippen LogP contribution is 2.30. The zero-order valence-corrected chi connectivity index (χ0v) is 27.0. The van der Waals surface area contributed by atoms with E-state index in [9.17, 15) is 18.0 Å². The number of sulfonamides is 1. The molecule has 226 valence electrons. The number of amides is 2. The van der Waals surface area contributed by atoms with Crippen molar-refractivity contribution in [2.24, 2.45) is 0 Å². The van der Waals surface area contributed by atoms with Crippen LogP contribution in [0.1, 0.15) is 56.7 Å². The molecule has 0 aromatic heterocycles. The molecule has 0 aliphatic rings. The molecule has 1 N–H and O–H groups in total. The minimum atomic E-state index is -3.88. The van der Waals surface area contributed by atoms with E-state index in [4.69, 9.17) is 23.2 Å². The molecule has 0 saturated carbocycles. The van der Waals surface area contributed by atoms with Gasteiger partial charge in [-0.1, -0.05) is 98.6 Å². The summed E-state index contributed by atoms with van der Waals surface area (Å²) in [5.41, 5.74) is 2.65. The predicted molar refractivity (Wildman–Crippen MR) is 172 cm³/mol. The summed E-state index contributed by atoms with van der Waals surface area (Å²) in [4.78, 5) is 29.5. The maximum absolute atomic E-state index is 14.3. The number of halogens is 2. The first kappa shape index (κ1) is 33.4. The van der Waals surface area contributed by atoms with Crippen molar-refractivity contribution in [1.82, 2.24) is 10.2 Å². The number of benzene rings is 3. The summed E-state index contributed by atoms with van der Waals surface area (Å²) in [6.07, 6.45) is 2.00. The highest BCUT2D eigenvalue weighted by atomic mass is 35.5. The van der Waals surface area contributed by atoms with Crippen LogP contribution in [-0.4, -0.2) is 50.0 Å². The molecule has 3 aromatic carbocycles. The molecular formula is C32H39Cl2N3O4S. The van der Waals surface area contributed by atoms with Gasteiger partial charge < -0.3 is 10.2 Å². The van der Waals surface area contributed by atoms with E-state index in [1.165, 1.54) is 4.90 Å². The van der Waals surface area contributed by atoms with Gasteiger partial charge in [-0.15, -0.1) is 0 Å². The van der Waals surface area contributed by atoms with Gasteiger partial charge in [0.2, 0.25) is 21.8 Å². The molecular weight excluding hydrogens is 593 g/mol. The van der Waals surface area contributed by atoms with Crippen LogP contribution in [0.4, 0.5) is 5.69 Å². The molecule has 0 spiro atoms. The van der Waals surface area contributed by atoms with E-state index in [1.807, 2.05) is 70.2 Å². The summed E-state index contributed by atoms with van der Waals surface area (Å²) < 4.78 is 27.4. The average molecular weight is 633 g/mol. The smallest absolute Gasteiger partial charge is 0.244 e. The number of nitrogens with one attached hydrogen (secondary N) is 1. The van der Waals surface area contributed by atoms with Crippen molar-refractivity contribution in [2.45, 2.75) is 65.1 Å². The third-order valence-electron chi connectivity index (χ3n) is 7.13. The van der Waals surface area contributed by atoms with E-state index in [0.29, 0.717) is 27.7 Å². The number of hydrogen-bond donors (Lipinski definition) is 1. The Kier molecular flexibility index (Phi) is 11.9. The zero-order valence-electron chi connectivity index (χ0n) is 24.7. The molecule has 0 aliphatic carbocycles. The lowest BCUT2D eigenvalue weighted by molar-refractivity contribution is -0.140. The first-order chi connectivity index (χ1) is 19.8. The van der Waals surface area contributed by atoms with E-state index >= 15 is 0 Å². The Balaban J connectivity index is 2.13. The standard InChI is InChI=1S/C32H39Cl2N3O4S/c1-6-23(4)35-32(39)30(18-24-12-8-7-9-13-24)36(20-25-16-17-26(33)19-28(25)34)31(38)21-37(42(5,40)41)29-15-11-10-14-27(29)22(2)3/h7-17,19,22-23,30H,6,18,20-21H2,1-5H3,(H,35,39)/t23-,30+/m0/s1. The van der Waals surface area contributed by atoms with Crippen molar-refractivity contribution < 1.29 is 18.0 Å². The number of nitrogens with zero attached hydrogens (tertiary/aromatic N) is 2. The van der Waals surface area contributed by atoms with Crippen LogP contribution in [-0.2, 0) is 32.6 Å². The van der Waals surface area contributed by atoms with Gasteiger partial charge in [-0.25, -0.2) is 8.42 Å². The molecule has 2 atom stereocenters. The summed E-state index contributed by atoms with van der Waals surface area (Å²) in [5, 5.41) is 3.79. The van der Waals surface area contributed by atoms with E-state index in [2.05, 4.69) is 5.32 Å². The van der Waals surface area contributed by atoms with Crippen LogP contribution in [0, 0.1) is 0 Å². The van der Waals surface area contributed by atoms with Gasteiger partial charge in [0.05, 0.1) is 11.9 Å². The molecule has 0 heterocycles. The minimum Gasteiger partial charge on any atom is -0.352 e. The SMILES string of the molecule is CC[C@H](C)NC(=O)[C@@H](Cc1ccccc1)N(Cc1ccc(Cl)cc1Cl)C(=O)CN(c1ccccc1C(C)C)S(C)(=O)=O. The molecule has 0 radical (unpaired) electrons. The highest BCUT2D eigenvalue weighted by Gasteiger charge is 2.34. The highest BCUT2D eigenvalue weighted by molar-refractivity contribution is 7.92. The summed E-state index contributed by atoms with van der Waals surface area (Å²) in [5.74, 6) is -0.859. The molecule has 10 heteroatoms. The number of anilines is 1. The largest absolute Gasteiger partial charge is 0.352 e. The number of rotatable bonds is 13. The van der Waals surface area contributed by atoms with Crippen molar-refractivity contribution in [3.8, 4) is 0 Å². The Bertz CT molecular complexity index is 1480. The second kappa shape index (κ2) is 14.9. The summed E-state index contributed by atoms with van der Waals surface area (Å²) in [7, 11) is -3.88. The van der Waals surface area contributed by atoms with E-state index in [-0.39, 0.29) is 30.8 Å². The van der Waals surface area contributed by atoms with Crippen LogP contribution < -0.4 is 9.62 Å². The van der Waals surface area contributed by atoms with Crippen LogP contribution in [0.15, 0.2) is 72.8 Å². The zero-order chi connectivity index (χ0) is 31.0. The van der Waals surface area contributed by atoms with E-state index in [0.717, 1.165) is 21.7 Å². The minimum absolute atomic E-state index is 0.0108. The molecule has 0 aliphatic heterocycles. The van der Waals surface area contributed by atoms with Gasteiger partial charge in [0, 0.05) is 29.1 Å². The average Bonchev–Trinajstić information content (AvgIpc) is 2.94. The second-order valence-corrected chi connectivity index (χ2v) is 13.5. The number of carbonyl (C=O) groups is 2. The Morgan fingerprint density at radius 1 is 0.929 bits per heavy atom. The van der Waals surface area contributed by atoms with Gasteiger partial charge in [-0.05, 0) is 54.2 Å². The Morgan fingerprint density at radius 3 is 2.17 bits per heavy atom. The summed E-state index contributed by atoms with van der Waals surface area (Å²) >= 11 is 12.7. The fraction of sp³-hybridized carbons (Fsp3) is 0.375. The normalized spacial score (nSPS) is 13.0. The van der Waals surface area contributed by atoms with Crippen molar-refractivity contribution in [2.75, 3.05) is 17.1 Å². The summed E-state index contributed by atoms with van der Waals surface area (Å²) in [6, 6.07) is 20.4. The van der Waals surface area contributed by atoms with Gasteiger partial charge in [-0.2, -0.15) is 0 Å². The molecule has 3 aromatic rings.